The lowest BCUT2D eigenvalue weighted by molar-refractivity contribution is -0.207. The molecule has 0 radical (unpaired) electrons. The molecule has 3 rings (SSSR count). The largest absolute Gasteiger partial charge is 0.493 e. The Labute approximate surface area is 204 Å². The molecule has 1 amide bonds. The Balaban J connectivity index is 1.78. The monoisotopic (exact) mass is 509 g/mol. The van der Waals surface area contributed by atoms with E-state index in [4.69, 9.17) is 16.3 Å². The molecule has 3 aromatic rings. The van der Waals surface area contributed by atoms with Crippen molar-refractivity contribution < 1.29 is 32.3 Å². The second-order valence-electron chi connectivity index (χ2n) is 7.75. The van der Waals surface area contributed by atoms with Crippen LogP contribution in [-0.2, 0) is 32.1 Å². The van der Waals surface area contributed by atoms with Crippen LogP contribution in [0, 0.1) is 0 Å². The number of ether oxygens (including phenoxy) is 1. The SMILES string of the molecule is CO[C@H](CC(=O)NOC(=O)C(F)(F)F)[C@H](Cc1ccc(Cl)cc1)c1ccn(Cc2ccccc2)n1. The van der Waals surface area contributed by atoms with Crippen LogP contribution >= 0.6 is 11.6 Å². The van der Waals surface area contributed by atoms with Crippen LogP contribution in [0.1, 0.15) is 29.2 Å². The summed E-state index contributed by atoms with van der Waals surface area (Å²) in [4.78, 5) is 27.0. The molecule has 1 N–H and O–H groups in total. The van der Waals surface area contributed by atoms with Crippen LogP contribution in [0.4, 0.5) is 13.2 Å². The molecule has 2 aromatic carbocycles. The molecule has 0 saturated carbocycles. The number of alkyl halides is 3. The van der Waals surface area contributed by atoms with Gasteiger partial charge in [0.25, 0.3) is 5.91 Å². The van der Waals surface area contributed by atoms with Gasteiger partial charge in [-0.15, -0.1) is 0 Å². The average Bonchev–Trinajstić information content (AvgIpc) is 3.29. The van der Waals surface area contributed by atoms with Crippen LogP contribution in [0.25, 0.3) is 0 Å². The van der Waals surface area contributed by atoms with Gasteiger partial charge in [0.15, 0.2) is 0 Å². The highest BCUT2D eigenvalue weighted by Crippen LogP contribution is 2.28. The fourth-order valence-electron chi connectivity index (χ4n) is 3.51. The third-order valence-electron chi connectivity index (χ3n) is 5.22. The van der Waals surface area contributed by atoms with Crippen molar-refractivity contribution in [2.24, 2.45) is 0 Å². The number of nitrogens with one attached hydrogen (secondary N) is 1. The second kappa shape index (κ2) is 11.9. The van der Waals surface area contributed by atoms with Gasteiger partial charge in [-0.25, -0.2) is 4.79 Å². The lowest BCUT2D eigenvalue weighted by atomic mass is 9.89. The van der Waals surface area contributed by atoms with Gasteiger partial charge < -0.3 is 9.57 Å². The molecule has 0 aliphatic heterocycles. The molecular formula is C24H23ClF3N3O4. The van der Waals surface area contributed by atoms with Crippen molar-refractivity contribution in [1.29, 1.82) is 0 Å². The van der Waals surface area contributed by atoms with Gasteiger partial charge in [0.1, 0.15) is 0 Å². The summed E-state index contributed by atoms with van der Waals surface area (Å²) < 4.78 is 44.3. The number of rotatable bonds is 9. The van der Waals surface area contributed by atoms with E-state index in [1.54, 1.807) is 29.1 Å². The van der Waals surface area contributed by atoms with Gasteiger partial charge in [-0.3, -0.25) is 9.48 Å². The van der Waals surface area contributed by atoms with Crippen molar-refractivity contribution in [3.8, 4) is 0 Å². The molecule has 0 aliphatic rings. The number of nitrogens with zero attached hydrogens (tertiary/aromatic N) is 2. The van der Waals surface area contributed by atoms with E-state index in [9.17, 15) is 22.8 Å². The van der Waals surface area contributed by atoms with E-state index in [1.807, 2.05) is 42.5 Å². The number of benzene rings is 2. The van der Waals surface area contributed by atoms with Gasteiger partial charge in [0.2, 0.25) is 0 Å². The summed E-state index contributed by atoms with van der Waals surface area (Å²) in [6.45, 7) is 0.528. The van der Waals surface area contributed by atoms with E-state index in [2.05, 4.69) is 9.94 Å². The van der Waals surface area contributed by atoms with Crippen LogP contribution < -0.4 is 5.48 Å². The Morgan fingerprint density at radius 1 is 1.06 bits per heavy atom. The molecule has 2 atom stereocenters. The molecular weight excluding hydrogens is 487 g/mol. The van der Waals surface area contributed by atoms with E-state index in [0.717, 1.165) is 11.1 Å². The van der Waals surface area contributed by atoms with Crippen LogP contribution in [0.2, 0.25) is 5.02 Å². The normalized spacial score (nSPS) is 13.2. The number of carbonyl (C=O) groups excluding carboxylic acids is 2. The van der Waals surface area contributed by atoms with Crippen LogP contribution in [0.15, 0.2) is 66.9 Å². The molecule has 0 spiro atoms. The molecule has 0 fully saturated rings. The molecule has 0 bridgehead atoms. The van der Waals surface area contributed by atoms with E-state index in [0.29, 0.717) is 23.7 Å². The summed E-state index contributed by atoms with van der Waals surface area (Å²) in [6.07, 6.45) is -4.17. The molecule has 7 nitrogen and oxygen atoms in total. The zero-order chi connectivity index (χ0) is 25.4. The third-order valence-corrected chi connectivity index (χ3v) is 5.48. The molecule has 1 heterocycles. The van der Waals surface area contributed by atoms with Gasteiger partial charge in [-0.1, -0.05) is 54.1 Å². The first-order chi connectivity index (χ1) is 16.7. The Kier molecular flexibility index (Phi) is 8.89. The predicted octanol–water partition coefficient (Wildman–Crippen LogP) is 4.45. The number of hydrogen-bond donors (Lipinski definition) is 1. The van der Waals surface area contributed by atoms with E-state index in [1.165, 1.54) is 12.6 Å². The highest BCUT2D eigenvalue weighted by molar-refractivity contribution is 6.30. The summed E-state index contributed by atoms with van der Waals surface area (Å²) >= 11 is 5.98. The highest BCUT2D eigenvalue weighted by Gasteiger charge is 2.42. The maximum absolute atomic E-state index is 12.3. The predicted molar refractivity (Wildman–Crippen MR) is 121 cm³/mol. The fourth-order valence-corrected chi connectivity index (χ4v) is 3.64. The third kappa shape index (κ3) is 7.83. The number of amides is 1. The van der Waals surface area contributed by atoms with Crippen molar-refractivity contribution in [3.05, 3.63) is 88.7 Å². The maximum Gasteiger partial charge on any atom is 0.493 e. The fraction of sp³-hybridized carbons (Fsp3) is 0.292. The highest BCUT2D eigenvalue weighted by atomic mass is 35.5. The number of hydrogen-bond acceptors (Lipinski definition) is 5. The van der Waals surface area contributed by atoms with Crippen LogP contribution in [-0.4, -0.2) is 41.0 Å². The minimum atomic E-state index is -5.23. The second-order valence-corrected chi connectivity index (χ2v) is 8.19. The first-order valence-corrected chi connectivity index (χ1v) is 10.9. The summed E-state index contributed by atoms with van der Waals surface area (Å²) in [7, 11) is 1.38. The number of aromatic nitrogens is 2. The first kappa shape index (κ1) is 26.2. The van der Waals surface area contributed by atoms with E-state index < -0.39 is 30.1 Å². The van der Waals surface area contributed by atoms with Gasteiger partial charge in [0.05, 0.1) is 24.8 Å². The van der Waals surface area contributed by atoms with Crippen molar-refractivity contribution in [1.82, 2.24) is 15.3 Å². The van der Waals surface area contributed by atoms with Crippen molar-refractivity contribution in [2.75, 3.05) is 7.11 Å². The quantitative estimate of drug-likeness (QED) is 0.431. The lowest BCUT2D eigenvalue weighted by Crippen LogP contribution is -2.37. The molecule has 0 saturated heterocycles. The summed E-state index contributed by atoms with van der Waals surface area (Å²) in [6, 6.07) is 18.6. The Morgan fingerprint density at radius 3 is 2.37 bits per heavy atom. The van der Waals surface area contributed by atoms with Crippen LogP contribution in [0.5, 0.6) is 0 Å². The Bertz CT molecular complexity index is 1120. The van der Waals surface area contributed by atoms with Gasteiger partial charge >= 0.3 is 12.1 Å². The molecule has 11 heteroatoms. The zero-order valence-electron chi connectivity index (χ0n) is 18.7. The van der Waals surface area contributed by atoms with Gasteiger partial charge in [-0.05, 0) is 35.7 Å². The van der Waals surface area contributed by atoms with Crippen LogP contribution in [0.3, 0.4) is 0 Å². The average molecular weight is 510 g/mol. The smallest absolute Gasteiger partial charge is 0.380 e. The van der Waals surface area contributed by atoms with Crippen molar-refractivity contribution in [3.63, 3.8) is 0 Å². The van der Waals surface area contributed by atoms with Crippen molar-refractivity contribution >= 4 is 23.5 Å². The summed E-state index contributed by atoms with van der Waals surface area (Å²) in [5.41, 5.74) is 4.10. The number of hydroxylamine groups is 1. The van der Waals surface area contributed by atoms with E-state index >= 15 is 0 Å². The molecule has 1 aromatic heterocycles. The minimum absolute atomic E-state index is 0.370. The van der Waals surface area contributed by atoms with Gasteiger partial charge in [0, 0.05) is 24.2 Å². The summed E-state index contributed by atoms with van der Waals surface area (Å²) in [5, 5.41) is 5.21. The molecule has 35 heavy (non-hydrogen) atoms. The lowest BCUT2D eigenvalue weighted by Gasteiger charge is -2.24. The van der Waals surface area contributed by atoms with E-state index in [-0.39, 0.29) is 6.42 Å². The number of methoxy groups -OCH3 is 1. The summed E-state index contributed by atoms with van der Waals surface area (Å²) in [5.74, 6) is -3.90. The molecule has 0 aliphatic carbocycles. The first-order valence-electron chi connectivity index (χ1n) is 10.6. The molecule has 186 valence electrons. The van der Waals surface area contributed by atoms with Gasteiger partial charge in [-0.2, -0.15) is 23.8 Å². The van der Waals surface area contributed by atoms with Crippen molar-refractivity contribution in [2.45, 2.75) is 37.6 Å². The number of halogens is 4. The zero-order valence-corrected chi connectivity index (χ0v) is 19.4. The topological polar surface area (TPSA) is 82.5 Å². The molecule has 0 unspecified atom stereocenters. The Morgan fingerprint density at radius 2 is 1.74 bits per heavy atom. The Hall–Kier alpha value is -3.37. The maximum atomic E-state index is 12.3. The standard InChI is InChI=1S/C24H23ClF3N3O4/c1-34-21(14-22(32)30-35-23(33)24(26,27)28)19(13-16-7-9-18(25)10-8-16)20-11-12-31(29-20)15-17-5-3-2-4-6-17/h2-12,19,21H,13-15H2,1H3,(H,30,32)/t19-,21-/m1/s1. The number of carbonyl (C=O) groups is 2. The minimum Gasteiger partial charge on any atom is -0.380 e.